The Morgan fingerprint density at radius 2 is 2.13 bits per heavy atom. The smallest absolute Gasteiger partial charge is 0.346 e. The summed E-state index contributed by atoms with van der Waals surface area (Å²) in [5, 5.41) is 21.7. The number of hydrogen-bond donors (Lipinski definition) is 2. The van der Waals surface area contributed by atoms with E-state index in [0.717, 1.165) is 11.1 Å². The van der Waals surface area contributed by atoms with Crippen LogP contribution < -0.4 is 5.32 Å². The monoisotopic (exact) mass is 436 g/mol. The first kappa shape index (κ1) is 21.4. The topological polar surface area (TPSA) is 99.4 Å². The number of H-pyrrole nitrogens is 1. The summed E-state index contributed by atoms with van der Waals surface area (Å²) in [4.78, 5) is 12.1. The number of benzene rings is 1. The van der Waals surface area contributed by atoms with E-state index in [1.54, 1.807) is 48.0 Å². The van der Waals surface area contributed by atoms with E-state index in [9.17, 15) is 18.0 Å². The molecule has 1 atom stereocenters. The zero-order valence-corrected chi connectivity index (χ0v) is 16.6. The number of carbonyl (C=O) groups excluding carboxylic acids is 1. The van der Waals surface area contributed by atoms with Crippen LogP contribution in [0.3, 0.4) is 0 Å². The highest BCUT2D eigenvalue weighted by molar-refractivity contribution is 6.32. The van der Waals surface area contributed by atoms with Crippen molar-refractivity contribution in [2.45, 2.75) is 32.6 Å². The van der Waals surface area contributed by atoms with Crippen LogP contribution in [-0.2, 0) is 12.7 Å². The van der Waals surface area contributed by atoms with Crippen LogP contribution in [0.1, 0.15) is 34.2 Å². The molecule has 30 heavy (non-hydrogen) atoms. The lowest BCUT2D eigenvalue weighted by Gasteiger charge is -2.13. The minimum atomic E-state index is -4.60. The fourth-order valence-corrected chi connectivity index (χ4v) is 3.07. The van der Waals surface area contributed by atoms with Crippen LogP contribution >= 0.6 is 11.6 Å². The third-order valence-electron chi connectivity index (χ3n) is 4.38. The first-order valence-corrected chi connectivity index (χ1v) is 9.14. The van der Waals surface area contributed by atoms with Crippen molar-refractivity contribution in [3.8, 4) is 17.3 Å². The van der Waals surface area contributed by atoms with Gasteiger partial charge >= 0.3 is 6.18 Å². The van der Waals surface area contributed by atoms with Gasteiger partial charge < -0.3 is 5.32 Å². The molecule has 0 unspecified atom stereocenters. The Labute approximate surface area is 174 Å². The molecule has 11 heteroatoms. The molecular formula is C19H16ClF3N6O. The molecule has 0 saturated heterocycles. The molecular weight excluding hydrogens is 421 g/mol. The third-order valence-corrected chi connectivity index (χ3v) is 4.86. The van der Waals surface area contributed by atoms with Gasteiger partial charge in [0.15, 0.2) is 5.69 Å². The minimum Gasteiger partial charge on any atom is -0.346 e. The number of alkyl halides is 3. The number of aromatic nitrogens is 4. The number of aromatic amines is 1. The van der Waals surface area contributed by atoms with Gasteiger partial charge in [-0.15, -0.1) is 0 Å². The van der Waals surface area contributed by atoms with Crippen molar-refractivity contribution in [2.75, 3.05) is 0 Å². The fourth-order valence-electron chi connectivity index (χ4n) is 2.86. The highest BCUT2D eigenvalue weighted by atomic mass is 35.5. The van der Waals surface area contributed by atoms with E-state index in [-0.39, 0.29) is 12.2 Å². The van der Waals surface area contributed by atoms with Crippen molar-refractivity contribution in [1.29, 1.82) is 5.26 Å². The molecule has 7 nitrogen and oxygen atoms in total. The molecule has 1 aromatic carbocycles. The zero-order valence-electron chi connectivity index (χ0n) is 15.9. The van der Waals surface area contributed by atoms with Gasteiger partial charge in [0.1, 0.15) is 11.8 Å². The SMILES string of the molecule is Cc1c(-c2ccn(C[C@H](C)NC(=O)c3cc(C(F)(F)F)[nH]n3)n2)ccc(C#N)c1Cl. The molecule has 0 aliphatic rings. The fraction of sp³-hybridized carbons (Fsp3) is 0.263. The van der Waals surface area contributed by atoms with Crippen LogP contribution in [0.2, 0.25) is 5.02 Å². The summed E-state index contributed by atoms with van der Waals surface area (Å²) in [7, 11) is 0. The van der Waals surface area contributed by atoms with E-state index in [1.807, 2.05) is 6.07 Å². The molecule has 0 aliphatic carbocycles. The summed E-state index contributed by atoms with van der Waals surface area (Å²) in [5.41, 5.74) is 1.07. The molecule has 2 N–H and O–H groups in total. The predicted molar refractivity (Wildman–Crippen MR) is 103 cm³/mol. The number of nitrogens with one attached hydrogen (secondary N) is 2. The molecule has 3 aromatic rings. The Kier molecular flexibility index (Phi) is 5.85. The summed E-state index contributed by atoms with van der Waals surface area (Å²) >= 11 is 6.20. The number of nitriles is 1. The Hall–Kier alpha value is -3.32. The summed E-state index contributed by atoms with van der Waals surface area (Å²) in [6.45, 7) is 3.77. The third kappa shape index (κ3) is 4.46. The van der Waals surface area contributed by atoms with Crippen LogP contribution in [0.5, 0.6) is 0 Å². The van der Waals surface area contributed by atoms with Crippen molar-refractivity contribution in [3.05, 3.63) is 58.0 Å². The number of rotatable bonds is 5. The predicted octanol–water partition coefficient (Wildman–Crippen LogP) is 3.94. The largest absolute Gasteiger partial charge is 0.432 e. The quantitative estimate of drug-likeness (QED) is 0.632. The highest BCUT2D eigenvalue weighted by Gasteiger charge is 2.33. The van der Waals surface area contributed by atoms with E-state index < -0.39 is 23.8 Å². The van der Waals surface area contributed by atoms with Crippen LogP contribution in [0.15, 0.2) is 30.5 Å². The van der Waals surface area contributed by atoms with Crippen molar-refractivity contribution in [2.24, 2.45) is 0 Å². The highest BCUT2D eigenvalue weighted by Crippen LogP contribution is 2.30. The standard InChI is InChI=1S/C19H16ClF3N6O/c1-10(25-18(30)15-7-16(27-26-15)19(21,22)23)9-29-6-5-14(28-29)13-4-3-12(8-24)17(20)11(13)2/h3-7,10H,9H2,1-2H3,(H,25,30)(H,26,27)/t10-/m0/s1. The van der Waals surface area contributed by atoms with Gasteiger partial charge in [0.25, 0.3) is 5.91 Å². The average molecular weight is 437 g/mol. The van der Waals surface area contributed by atoms with Gasteiger partial charge in [-0.05, 0) is 31.5 Å². The van der Waals surface area contributed by atoms with Gasteiger partial charge in [-0.2, -0.15) is 28.6 Å². The normalized spacial score (nSPS) is 12.4. The van der Waals surface area contributed by atoms with Crippen molar-refractivity contribution < 1.29 is 18.0 Å². The van der Waals surface area contributed by atoms with E-state index in [2.05, 4.69) is 15.5 Å². The van der Waals surface area contributed by atoms with Crippen LogP contribution in [0.25, 0.3) is 11.3 Å². The van der Waals surface area contributed by atoms with Crippen LogP contribution in [0.4, 0.5) is 13.2 Å². The summed E-state index contributed by atoms with van der Waals surface area (Å²) < 4.78 is 39.4. The number of nitrogens with zero attached hydrogens (tertiary/aromatic N) is 4. The molecule has 3 rings (SSSR count). The molecule has 0 aliphatic heterocycles. The van der Waals surface area contributed by atoms with Crippen molar-refractivity contribution in [3.63, 3.8) is 0 Å². The van der Waals surface area contributed by atoms with Gasteiger partial charge in [0.2, 0.25) is 0 Å². The number of halogens is 4. The summed E-state index contributed by atoms with van der Waals surface area (Å²) in [6.07, 6.45) is -2.89. The maximum absolute atomic E-state index is 12.6. The zero-order chi connectivity index (χ0) is 22.1. The number of carbonyl (C=O) groups is 1. The molecule has 0 fully saturated rings. The van der Waals surface area contributed by atoms with Gasteiger partial charge in [-0.1, -0.05) is 17.7 Å². The first-order valence-electron chi connectivity index (χ1n) is 8.76. The lowest BCUT2D eigenvalue weighted by molar-refractivity contribution is -0.141. The Balaban J connectivity index is 1.67. The maximum atomic E-state index is 12.6. The van der Waals surface area contributed by atoms with Crippen LogP contribution in [-0.4, -0.2) is 31.9 Å². The lowest BCUT2D eigenvalue weighted by Crippen LogP contribution is -2.36. The molecule has 0 spiro atoms. The second-order valence-corrected chi connectivity index (χ2v) is 7.05. The molecule has 156 valence electrons. The first-order chi connectivity index (χ1) is 14.1. The lowest BCUT2D eigenvalue weighted by atomic mass is 10.0. The van der Waals surface area contributed by atoms with E-state index in [1.165, 1.54) is 0 Å². The molecule has 2 aromatic heterocycles. The van der Waals surface area contributed by atoms with Crippen molar-refractivity contribution >= 4 is 17.5 Å². The maximum Gasteiger partial charge on any atom is 0.432 e. The average Bonchev–Trinajstić information content (AvgIpc) is 3.33. The molecule has 0 radical (unpaired) electrons. The Morgan fingerprint density at radius 3 is 2.77 bits per heavy atom. The van der Waals surface area contributed by atoms with Gasteiger partial charge in [-0.3, -0.25) is 14.6 Å². The second kappa shape index (κ2) is 8.20. The van der Waals surface area contributed by atoms with E-state index in [4.69, 9.17) is 16.9 Å². The molecule has 0 bridgehead atoms. The van der Waals surface area contributed by atoms with Gasteiger partial charge in [0, 0.05) is 23.9 Å². The molecule has 0 saturated carbocycles. The number of amides is 1. The molecule has 1 amide bonds. The van der Waals surface area contributed by atoms with Gasteiger partial charge in [0.05, 0.1) is 22.8 Å². The molecule has 2 heterocycles. The van der Waals surface area contributed by atoms with Crippen molar-refractivity contribution in [1.82, 2.24) is 25.3 Å². The van der Waals surface area contributed by atoms with Gasteiger partial charge in [-0.25, -0.2) is 0 Å². The van der Waals surface area contributed by atoms with Crippen LogP contribution in [0, 0.1) is 18.3 Å². The summed E-state index contributed by atoms with van der Waals surface area (Å²) in [6, 6.07) is 7.39. The second-order valence-electron chi connectivity index (χ2n) is 6.67. The Bertz CT molecular complexity index is 1130. The van der Waals surface area contributed by atoms with E-state index >= 15 is 0 Å². The summed E-state index contributed by atoms with van der Waals surface area (Å²) in [5.74, 6) is -0.726. The number of hydrogen-bond acceptors (Lipinski definition) is 4. The minimum absolute atomic E-state index is 0.283. The Morgan fingerprint density at radius 1 is 1.40 bits per heavy atom. The van der Waals surface area contributed by atoms with E-state index in [0.29, 0.717) is 22.3 Å².